The van der Waals surface area contributed by atoms with E-state index in [0.717, 1.165) is 4.42 Å². The number of rotatable bonds is 1. The second kappa shape index (κ2) is 4.61. The average molecular weight is 230 g/mol. The molecule has 80 valence electrons. The maximum absolute atomic E-state index is 12.6. The molecule has 0 aromatic heterocycles. The van der Waals surface area contributed by atoms with Crippen LogP contribution in [0.1, 0.15) is 0 Å². The van der Waals surface area contributed by atoms with E-state index in [4.69, 9.17) is 28.3 Å². The van der Waals surface area contributed by atoms with Crippen molar-refractivity contribution in [3.8, 4) is 0 Å². The number of hydrogen-bond donors (Lipinski definition) is 4. The molecule has 5 N–H and O–H groups in total. The van der Waals surface area contributed by atoms with Crippen LogP contribution >= 0.6 is 11.8 Å². The predicted molar refractivity (Wildman–Crippen MR) is 57.5 cm³/mol. The molecule has 0 radical (unpaired) electrons. The van der Waals surface area contributed by atoms with Gasteiger partial charge in [0.2, 0.25) is 5.96 Å². The van der Waals surface area contributed by atoms with Crippen molar-refractivity contribution >= 4 is 29.4 Å². The lowest BCUT2D eigenvalue weighted by molar-refractivity contribution is 0.628. The SMILES string of the molecule is N=C(N)NC(=N)N(Cl)c1ccc(F)cc1. The number of nitrogens with two attached hydrogens (primary N) is 1. The van der Waals surface area contributed by atoms with Gasteiger partial charge in [0.25, 0.3) is 0 Å². The summed E-state index contributed by atoms with van der Waals surface area (Å²) in [7, 11) is 0. The van der Waals surface area contributed by atoms with Crippen LogP contribution in [0.4, 0.5) is 10.1 Å². The number of anilines is 1. The molecule has 0 bridgehead atoms. The molecule has 0 aliphatic carbocycles. The molecule has 1 aromatic carbocycles. The van der Waals surface area contributed by atoms with E-state index in [2.05, 4.69) is 5.32 Å². The van der Waals surface area contributed by atoms with Gasteiger partial charge in [0.1, 0.15) is 5.82 Å². The van der Waals surface area contributed by atoms with Gasteiger partial charge < -0.3 is 5.73 Å². The standard InChI is InChI=1S/C8H9ClFN5/c9-15(8(13)14-7(11)12)6-3-1-5(10)2-4-6/h1-4H,(H5,11,12,13,14). The molecule has 0 spiro atoms. The number of halogens is 2. The lowest BCUT2D eigenvalue weighted by Gasteiger charge is -2.16. The van der Waals surface area contributed by atoms with Crippen LogP contribution in [0.15, 0.2) is 24.3 Å². The fraction of sp³-hybridized carbons (Fsp3) is 0. The van der Waals surface area contributed by atoms with Crippen molar-refractivity contribution in [2.75, 3.05) is 4.42 Å². The maximum atomic E-state index is 12.6. The highest BCUT2D eigenvalue weighted by Gasteiger charge is 2.09. The molecular weight excluding hydrogens is 221 g/mol. The highest BCUT2D eigenvalue weighted by atomic mass is 35.5. The van der Waals surface area contributed by atoms with Crippen LogP contribution in [0.2, 0.25) is 0 Å². The molecule has 0 saturated heterocycles. The minimum Gasteiger partial charge on any atom is -0.370 e. The molecule has 15 heavy (non-hydrogen) atoms. The molecule has 0 amide bonds. The van der Waals surface area contributed by atoms with E-state index in [0.29, 0.717) is 5.69 Å². The highest BCUT2D eigenvalue weighted by molar-refractivity contribution is 6.37. The Morgan fingerprint density at radius 1 is 1.33 bits per heavy atom. The Labute approximate surface area is 90.8 Å². The quantitative estimate of drug-likeness (QED) is 0.331. The zero-order valence-corrected chi connectivity index (χ0v) is 8.35. The summed E-state index contributed by atoms with van der Waals surface area (Å²) in [6.07, 6.45) is 0. The number of benzene rings is 1. The summed E-state index contributed by atoms with van der Waals surface area (Å²) in [6.45, 7) is 0. The molecular formula is C8H9ClFN5. The molecule has 0 fully saturated rings. The number of guanidine groups is 2. The van der Waals surface area contributed by atoms with Crippen LogP contribution < -0.4 is 15.5 Å². The fourth-order valence-electron chi connectivity index (χ4n) is 0.878. The van der Waals surface area contributed by atoms with Gasteiger partial charge >= 0.3 is 0 Å². The first kappa shape index (κ1) is 11.3. The minimum absolute atomic E-state index is 0.282. The van der Waals surface area contributed by atoms with Gasteiger partial charge in [-0.1, -0.05) is 0 Å². The second-order valence-electron chi connectivity index (χ2n) is 2.64. The second-order valence-corrected chi connectivity index (χ2v) is 2.98. The monoisotopic (exact) mass is 229 g/mol. The van der Waals surface area contributed by atoms with E-state index in [1.165, 1.54) is 24.3 Å². The Bertz CT molecular complexity index is 377. The Hall–Kier alpha value is -1.82. The third-order valence-electron chi connectivity index (χ3n) is 1.50. The predicted octanol–water partition coefficient (Wildman–Crippen LogP) is 1.20. The minimum atomic E-state index is -0.396. The smallest absolute Gasteiger partial charge is 0.217 e. The Morgan fingerprint density at radius 2 is 1.87 bits per heavy atom. The zero-order valence-electron chi connectivity index (χ0n) is 7.59. The lowest BCUT2D eigenvalue weighted by Crippen LogP contribution is -2.42. The molecule has 0 unspecified atom stereocenters. The van der Waals surface area contributed by atoms with Gasteiger partial charge in [-0.25, -0.2) is 8.81 Å². The first-order valence-corrected chi connectivity index (χ1v) is 4.25. The Morgan fingerprint density at radius 3 is 2.33 bits per heavy atom. The molecule has 1 rings (SSSR count). The zero-order chi connectivity index (χ0) is 11.4. The molecule has 0 heterocycles. The van der Waals surface area contributed by atoms with Crippen molar-refractivity contribution in [3.05, 3.63) is 30.1 Å². The molecule has 5 nitrogen and oxygen atoms in total. The summed E-state index contributed by atoms with van der Waals surface area (Å²) in [5.41, 5.74) is 5.42. The van der Waals surface area contributed by atoms with Crippen molar-refractivity contribution in [3.63, 3.8) is 0 Å². The van der Waals surface area contributed by atoms with E-state index >= 15 is 0 Å². The molecule has 0 atom stereocenters. The van der Waals surface area contributed by atoms with Crippen molar-refractivity contribution in [1.82, 2.24) is 5.32 Å². The average Bonchev–Trinajstić information content (AvgIpc) is 2.17. The van der Waals surface area contributed by atoms with Gasteiger partial charge in [0.15, 0.2) is 5.96 Å². The topological polar surface area (TPSA) is 89.0 Å². The third-order valence-corrected chi connectivity index (χ3v) is 1.87. The normalized spacial score (nSPS) is 9.47. The summed E-state index contributed by atoms with van der Waals surface area (Å²) in [4.78, 5) is 0. The van der Waals surface area contributed by atoms with Crippen molar-refractivity contribution < 1.29 is 4.39 Å². The van der Waals surface area contributed by atoms with Gasteiger partial charge in [0, 0.05) is 11.8 Å². The Kier molecular flexibility index (Phi) is 3.46. The summed E-state index contributed by atoms with van der Waals surface area (Å²) >= 11 is 5.72. The largest absolute Gasteiger partial charge is 0.370 e. The van der Waals surface area contributed by atoms with Crippen molar-refractivity contribution in [1.29, 1.82) is 10.8 Å². The van der Waals surface area contributed by atoms with Crippen LogP contribution in [0.5, 0.6) is 0 Å². The maximum Gasteiger partial charge on any atom is 0.217 e. The van der Waals surface area contributed by atoms with E-state index in [1.807, 2.05) is 0 Å². The van der Waals surface area contributed by atoms with Crippen LogP contribution in [-0.4, -0.2) is 11.9 Å². The van der Waals surface area contributed by atoms with Crippen molar-refractivity contribution in [2.45, 2.75) is 0 Å². The van der Waals surface area contributed by atoms with E-state index in [-0.39, 0.29) is 5.96 Å². The summed E-state index contributed by atoms with van der Waals surface area (Å²) in [5.74, 6) is -1.07. The molecule has 7 heteroatoms. The Balaban J connectivity index is 2.76. The van der Waals surface area contributed by atoms with E-state index in [9.17, 15) is 4.39 Å². The molecule has 0 saturated carbocycles. The van der Waals surface area contributed by atoms with Gasteiger partial charge in [-0.3, -0.25) is 16.1 Å². The van der Waals surface area contributed by atoms with Gasteiger partial charge in [-0.05, 0) is 24.3 Å². The fourth-order valence-corrected chi connectivity index (χ4v) is 1.03. The number of hydrogen-bond acceptors (Lipinski definition) is 2. The van der Waals surface area contributed by atoms with Crippen LogP contribution in [0.3, 0.4) is 0 Å². The first-order valence-electron chi connectivity index (χ1n) is 3.92. The summed E-state index contributed by atoms with van der Waals surface area (Å²) in [5, 5.41) is 16.5. The summed E-state index contributed by atoms with van der Waals surface area (Å²) < 4.78 is 13.5. The van der Waals surface area contributed by atoms with Gasteiger partial charge in [-0.15, -0.1) is 0 Å². The van der Waals surface area contributed by atoms with Crippen molar-refractivity contribution in [2.24, 2.45) is 5.73 Å². The van der Waals surface area contributed by atoms with E-state index in [1.54, 1.807) is 0 Å². The first-order chi connectivity index (χ1) is 7.00. The van der Waals surface area contributed by atoms with Crippen LogP contribution in [-0.2, 0) is 0 Å². The van der Waals surface area contributed by atoms with Gasteiger partial charge in [-0.2, -0.15) is 0 Å². The lowest BCUT2D eigenvalue weighted by atomic mass is 10.3. The molecule has 0 aliphatic rings. The number of nitrogens with one attached hydrogen (secondary N) is 3. The highest BCUT2D eigenvalue weighted by Crippen LogP contribution is 2.16. The third kappa shape index (κ3) is 3.10. The van der Waals surface area contributed by atoms with Gasteiger partial charge in [0.05, 0.1) is 5.69 Å². The molecule has 1 aromatic rings. The summed E-state index contributed by atoms with van der Waals surface area (Å²) in [6, 6.07) is 5.23. The molecule has 0 aliphatic heterocycles. The van der Waals surface area contributed by atoms with Crippen LogP contribution in [0.25, 0.3) is 0 Å². The van der Waals surface area contributed by atoms with E-state index < -0.39 is 11.8 Å². The van der Waals surface area contributed by atoms with Crippen LogP contribution in [0, 0.1) is 16.6 Å². The number of nitrogens with zero attached hydrogens (tertiary/aromatic N) is 1.